The maximum absolute atomic E-state index is 17.0. The summed E-state index contributed by atoms with van der Waals surface area (Å²) >= 11 is 0. The fraction of sp³-hybridized carbons (Fsp3) is 0.140. The van der Waals surface area contributed by atoms with Gasteiger partial charge in [0, 0.05) is 27.1 Å². The quantitative estimate of drug-likeness (QED) is 0.170. The van der Waals surface area contributed by atoms with Gasteiger partial charge in [0.05, 0.1) is 50.6 Å². The second-order valence-corrected chi connectivity index (χ2v) is 18.4. The zero-order chi connectivity index (χ0) is 43.1. The fourth-order valence-electron chi connectivity index (χ4n) is 9.15. The minimum atomic E-state index is -0.809. The summed E-state index contributed by atoms with van der Waals surface area (Å²) in [6.45, 7) is 13.2. The number of aromatic nitrogens is 2. The van der Waals surface area contributed by atoms with Crippen molar-refractivity contribution in [2.45, 2.75) is 52.4 Å². The zero-order valence-electron chi connectivity index (χ0n) is 35.7. The van der Waals surface area contributed by atoms with E-state index in [1.54, 1.807) is 0 Å². The molecule has 62 heavy (non-hydrogen) atoms. The Morgan fingerprint density at radius 1 is 0.403 bits per heavy atom. The molecule has 0 aliphatic carbocycles. The lowest BCUT2D eigenvalue weighted by Gasteiger charge is -2.22. The molecule has 0 aliphatic rings. The molecular weight excluding hydrogens is 765 g/mol. The zero-order valence-corrected chi connectivity index (χ0v) is 35.7. The Morgan fingerprint density at radius 3 is 1.24 bits per heavy atom. The van der Waals surface area contributed by atoms with Crippen molar-refractivity contribution in [3.05, 3.63) is 192 Å². The van der Waals surface area contributed by atoms with Crippen LogP contribution in [-0.4, -0.2) is 9.13 Å². The van der Waals surface area contributed by atoms with Gasteiger partial charge in [0.2, 0.25) is 0 Å². The van der Waals surface area contributed by atoms with Gasteiger partial charge in [-0.25, -0.2) is 8.78 Å². The number of nitrogens with zero attached hydrogens (tertiary/aromatic N) is 3. The summed E-state index contributed by atoms with van der Waals surface area (Å²) in [4.78, 5) is 0. The number of hydrogen-bond donors (Lipinski definition) is 0. The molecule has 0 bridgehead atoms. The average Bonchev–Trinajstić information content (AvgIpc) is 3.77. The van der Waals surface area contributed by atoms with E-state index >= 15 is 8.78 Å². The number of hydrogen-bond acceptors (Lipinski definition) is 1. The Labute approximate surface area is 360 Å². The monoisotopic (exact) mass is 809 g/mol. The van der Waals surface area contributed by atoms with E-state index in [1.807, 2.05) is 60.7 Å². The maximum Gasteiger partial charge on any atom is 0.135 e. The minimum absolute atomic E-state index is 0.0825. The molecule has 0 saturated carbocycles. The SMILES string of the molecule is CC(C)(C)c1ccc2c(c1)c1ccc(-c3ccccc3)cc1n2-c1cccc(-n2c3ccc(C(C)(C)C)cc3c3ccc(-c4ccccc4)cc32)c1-c1c(F)cc(C#N)cc1F. The molecule has 10 aromatic rings. The van der Waals surface area contributed by atoms with Crippen LogP contribution in [0.2, 0.25) is 0 Å². The molecule has 8 aromatic carbocycles. The molecule has 0 aliphatic heterocycles. The summed E-state index contributed by atoms with van der Waals surface area (Å²) in [5.74, 6) is -1.62. The molecule has 2 heterocycles. The van der Waals surface area contributed by atoms with Gasteiger partial charge in [0.25, 0.3) is 0 Å². The third kappa shape index (κ3) is 6.37. The van der Waals surface area contributed by atoms with Crippen molar-refractivity contribution in [2.24, 2.45) is 0 Å². The summed E-state index contributed by atoms with van der Waals surface area (Å²) < 4.78 is 38.4. The number of fused-ring (bicyclic) bond motifs is 6. The van der Waals surface area contributed by atoms with Crippen LogP contribution in [0.4, 0.5) is 8.78 Å². The topological polar surface area (TPSA) is 33.6 Å². The lowest BCUT2D eigenvalue weighted by molar-refractivity contribution is 0.588. The highest BCUT2D eigenvalue weighted by atomic mass is 19.1. The van der Waals surface area contributed by atoms with Gasteiger partial charge >= 0.3 is 0 Å². The first kappa shape index (κ1) is 38.9. The van der Waals surface area contributed by atoms with Crippen LogP contribution in [-0.2, 0) is 10.8 Å². The number of nitriles is 1. The first-order valence-electron chi connectivity index (χ1n) is 21.1. The molecule has 302 valence electrons. The number of halogens is 2. The minimum Gasteiger partial charge on any atom is -0.309 e. The van der Waals surface area contributed by atoms with Crippen molar-refractivity contribution in [3.63, 3.8) is 0 Å². The molecule has 5 heteroatoms. The van der Waals surface area contributed by atoms with Crippen LogP contribution >= 0.6 is 0 Å². The first-order chi connectivity index (χ1) is 29.8. The van der Waals surface area contributed by atoms with E-state index in [1.165, 1.54) is 11.1 Å². The predicted molar refractivity (Wildman–Crippen MR) is 253 cm³/mol. The third-order valence-corrected chi connectivity index (χ3v) is 12.4. The highest BCUT2D eigenvalue weighted by Crippen LogP contribution is 2.46. The van der Waals surface area contributed by atoms with Crippen molar-refractivity contribution in [1.82, 2.24) is 9.13 Å². The summed E-state index contributed by atoms with van der Waals surface area (Å²) in [5, 5.41) is 14.0. The van der Waals surface area contributed by atoms with Crippen LogP contribution in [0.5, 0.6) is 0 Å². The van der Waals surface area contributed by atoms with Crippen molar-refractivity contribution in [1.29, 1.82) is 5.26 Å². The normalized spacial score (nSPS) is 12.2. The average molecular weight is 810 g/mol. The highest BCUT2D eigenvalue weighted by Gasteiger charge is 2.28. The smallest absolute Gasteiger partial charge is 0.135 e. The largest absolute Gasteiger partial charge is 0.309 e. The third-order valence-electron chi connectivity index (χ3n) is 12.4. The van der Waals surface area contributed by atoms with Crippen molar-refractivity contribution >= 4 is 43.6 Å². The van der Waals surface area contributed by atoms with Gasteiger partial charge in [0.15, 0.2) is 0 Å². The second kappa shape index (κ2) is 14.4. The van der Waals surface area contributed by atoms with Crippen molar-refractivity contribution in [3.8, 4) is 50.8 Å². The van der Waals surface area contributed by atoms with Crippen LogP contribution in [0.15, 0.2) is 164 Å². The molecular formula is C57H45F2N3. The number of benzene rings is 8. The molecule has 0 saturated heterocycles. The Kier molecular flexibility index (Phi) is 9.05. The van der Waals surface area contributed by atoms with Gasteiger partial charge in [0.1, 0.15) is 11.6 Å². The standard InChI is InChI=1S/C57H45F2N3/c1-56(2,3)40-22-26-48-44(32-40)42-24-20-38(36-14-9-7-10-15-36)30-52(42)61(48)50-18-13-19-51(55(50)54-46(58)28-35(34-60)29-47(54)59)62-49-27-23-41(57(4,5)6)33-45(49)43-25-21-39(31-53(43)62)37-16-11-8-12-17-37/h7-33H,1-6H3. The van der Waals surface area contributed by atoms with Crippen LogP contribution in [0, 0.1) is 23.0 Å². The van der Waals surface area contributed by atoms with Crippen LogP contribution in [0.3, 0.4) is 0 Å². The summed E-state index contributed by atoms with van der Waals surface area (Å²) in [5.41, 5.74) is 11.3. The molecule has 0 radical (unpaired) electrons. The lowest BCUT2D eigenvalue weighted by Crippen LogP contribution is -2.11. The van der Waals surface area contributed by atoms with E-state index in [9.17, 15) is 5.26 Å². The van der Waals surface area contributed by atoms with Crippen LogP contribution in [0.25, 0.3) is 88.4 Å². The molecule has 10 rings (SSSR count). The Hall–Kier alpha value is -7.29. The van der Waals surface area contributed by atoms with Crippen molar-refractivity contribution < 1.29 is 8.78 Å². The fourth-order valence-corrected chi connectivity index (χ4v) is 9.15. The Morgan fingerprint density at radius 2 is 0.839 bits per heavy atom. The Balaban J connectivity index is 1.38. The molecule has 3 nitrogen and oxygen atoms in total. The van der Waals surface area contributed by atoms with Gasteiger partial charge in [-0.1, -0.05) is 145 Å². The summed E-state index contributed by atoms with van der Waals surface area (Å²) in [6, 6.07) is 56.8. The molecule has 0 unspecified atom stereocenters. The maximum atomic E-state index is 17.0. The van der Waals surface area contributed by atoms with Gasteiger partial charge in [-0.15, -0.1) is 0 Å². The van der Waals surface area contributed by atoms with E-state index in [-0.39, 0.29) is 22.0 Å². The molecule has 0 atom stereocenters. The molecule has 0 N–H and O–H groups in total. The molecule has 0 spiro atoms. The predicted octanol–water partition coefficient (Wildman–Crippen LogP) is 15.6. The van der Waals surface area contributed by atoms with E-state index in [0.717, 1.165) is 78.0 Å². The second-order valence-electron chi connectivity index (χ2n) is 18.4. The summed E-state index contributed by atoms with van der Waals surface area (Å²) in [7, 11) is 0. The van der Waals surface area contributed by atoms with Crippen molar-refractivity contribution in [2.75, 3.05) is 0 Å². The van der Waals surface area contributed by atoms with Gasteiger partial charge in [-0.3, -0.25) is 0 Å². The van der Waals surface area contributed by atoms with E-state index < -0.39 is 11.6 Å². The first-order valence-corrected chi connectivity index (χ1v) is 21.1. The lowest BCUT2D eigenvalue weighted by atomic mass is 9.86. The Bertz CT molecular complexity index is 3230. The number of rotatable bonds is 5. The molecule has 2 aromatic heterocycles. The van der Waals surface area contributed by atoms with Crippen LogP contribution < -0.4 is 0 Å². The molecule has 0 amide bonds. The summed E-state index contributed by atoms with van der Waals surface area (Å²) in [6.07, 6.45) is 0. The van der Waals surface area contributed by atoms with E-state index in [0.29, 0.717) is 16.9 Å². The van der Waals surface area contributed by atoms with Gasteiger partial charge in [-0.05, 0) is 105 Å². The molecule has 0 fully saturated rings. The van der Waals surface area contributed by atoms with Crippen LogP contribution in [0.1, 0.15) is 58.2 Å². The van der Waals surface area contributed by atoms with Gasteiger partial charge in [-0.2, -0.15) is 5.26 Å². The van der Waals surface area contributed by atoms with Gasteiger partial charge < -0.3 is 9.13 Å². The van der Waals surface area contributed by atoms with E-state index in [2.05, 4.69) is 148 Å². The highest BCUT2D eigenvalue weighted by molar-refractivity contribution is 6.13. The van der Waals surface area contributed by atoms with E-state index in [4.69, 9.17) is 0 Å².